The minimum atomic E-state index is -0.303. The maximum atomic E-state index is 13.4. The average molecular weight is 319 g/mol. The minimum absolute atomic E-state index is 0.0747. The Balaban J connectivity index is 1.92. The van der Waals surface area contributed by atoms with E-state index in [1.165, 1.54) is 6.07 Å². The molecule has 0 spiro atoms. The van der Waals surface area contributed by atoms with Crippen molar-refractivity contribution in [3.05, 3.63) is 34.1 Å². The fraction of sp³-hybridized carbons (Fsp3) is 0.364. The predicted molar refractivity (Wildman–Crippen MR) is 70.2 cm³/mol. The highest BCUT2D eigenvalue weighted by Crippen LogP contribution is 2.15. The van der Waals surface area contributed by atoms with E-state index in [2.05, 4.69) is 26.6 Å². The number of hydrogen-bond donors (Lipinski definition) is 2. The van der Waals surface area contributed by atoms with Gasteiger partial charge < -0.3 is 5.32 Å². The van der Waals surface area contributed by atoms with E-state index in [0.29, 0.717) is 5.56 Å². The predicted octanol–water partition coefficient (Wildman–Crippen LogP) is 1.87. The van der Waals surface area contributed by atoms with Crippen molar-refractivity contribution in [2.75, 3.05) is 11.6 Å². The molecule has 1 aliphatic heterocycles. The van der Waals surface area contributed by atoms with Gasteiger partial charge in [0.15, 0.2) is 0 Å². The van der Waals surface area contributed by atoms with Crippen molar-refractivity contribution in [2.24, 2.45) is 0 Å². The van der Waals surface area contributed by atoms with Gasteiger partial charge >= 0.3 is 0 Å². The molecule has 1 aliphatic rings. The lowest BCUT2D eigenvalue weighted by molar-refractivity contribution is -0.122. The Morgan fingerprint density at radius 1 is 1.65 bits per heavy atom. The summed E-state index contributed by atoms with van der Waals surface area (Å²) in [5, 5.41) is 5.80. The number of thioether (sulfide) groups is 1. The molecule has 3 nitrogen and oxygen atoms in total. The van der Waals surface area contributed by atoms with E-state index in [1.807, 2.05) is 0 Å². The molecule has 2 N–H and O–H groups in total. The summed E-state index contributed by atoms with van der Waals surface area (Å²) in [7, 11) is 0. The van der Waals surface area contributed by atoms with Gasteiger partial charge in [-0.1, -0.05) is 15.9 Å². The molecule has 1 fully saturated rings. The molecule has 0 bridgehead atoms. The number of rotatable bonds is 3. The molecule has 92 valence electrons. The molecule has 0 aliphatic carbocycles. The first kappa shape index (κ1) is 12.9. The fourth-order valence-electron chi connectivity index (χ4n) is 1.55. The average Bonchev–Trinajstić information content (AvgIpc) is 2.83. The van der Waals surface area contributed by atoms with E-state index in [4.69, 9.17) is 0 Å². The highest BCUT2D eigenvalue weighted by molar-refractivity contribution is 9.10. The van der Waals surface area contributed by atoms with Gasteiger partial charge in [-0.05, 0) is 18.2 Å². The third-order valence-corrected chi connectivity index (χ3v) is 3.93. The maximum Gasteiger partial charge on any atom is 0.238 e. The Morgan fingerprint density at radius 2 is 2.47 bits per heavy atom. The third kappa shape index (κ3) is 3.43. The van der Waals surface area contributed by atoms with E-state index in [-0.39, 0.29) is 24.3 Å². The minimum Gasteiger partial charge on any atom is -0.351 e. The molecule has 17 heavy (non-hydrogen) atoms. The van der Waals surface area contributed by atoms with E-state index < -0.39 is 0 Å². The monoisotopic (exact) mass is 318 g/mol. The molecule has 1 unspecified atom stereocenters. The van der Waals surface area contributed by atoms with Crippen LogP contribution in [-0.2, 0) is 11.3 Å². The summed E-state index contributed by atoms with van der Waals surface area (Å²) in [6, 6.07) is 4.53. The van der Waals surface area contributed by atoms with Crippen LogP contribution in [-0.4, -0.2) is 23.6 Å². The van der Waals surface area contributed by atoms with Gasteiger partial charge in [0.25, 0.3) is 0 Å². The lowest BCUT2D eigenvalue weighted by Crippen LogP contribution is -2.41. The summed E-state index contributed by atoms with van der Waals surface area (Å²) in [6.07, 6.45) is 0. The van der Waals surface area contributed by atoms with E-state index in [9.17, 15) is 9.18 Å². The summed E-state index contributed by atoms with van der Waals surface area (Å²) in [6.45, 7) is 0.215. The van der Waals surface area contributed by atoms with Crippen molar-refractivity contribution in [3.8, 4) is 0 Å². The van der Waals surface area contributed by atoms with Crippen LogP contribution in [0.2, 0.25) is 0 Å². The number of nitrogens with one attached hydrogen (secondary N) is 2. The van der Waals surface area contributed by atoms with E-state index in [0.717, 1.165) is 16.1 Å². The third-order valence-electron chi connectivity index (χ3n) is 2.49. The summed E-state index contributed by atoms with van der Waals surface area (Å²) in [5.41, 5.74) is 0.485. The topological polar surface area (TPSA) is 41.1 Å². The molecule has 1 aromatic carbocycles. The molecule has 0 radical (unpaired) electrons. The van der Waals surface area contributed by atoms with E-state index >= 15 is 0 Å². The zero-order valence-corrected chi connectivity index (χ0v) is 11.4. The van der Waals surface area contributed by atoms with Crippen LogP contribution >= 0.6 is 27.7 Å². The molecule has 0 saturated carbocycles. The Bertz CT molecular complexity index is 424. The highest BCUT2D eigenvalue weighted by Gasteiger charge is 2.22. The molecule has 6 heteroatoms. The second kappa shape index (κ2) is 5.84. The first-order valence-corrected chi connectivity index (χ1v) is 7.14. The van der Waals surface area contributed by atoms with Crippen LogP contribution in [0.1, 0.15) is 5.56 Å². The standard InChI is InChI=1S/C11H12BrFN2OS/c12-8-1-2-9(13)7(3-8)4-14-11(16)10-5-17-6-15-10/h1-3,10,15H,4-6H2,(H,14,16). The molecule has 1 amide bonds. The number of carbonyl (C=O) groups excluding carboxylic acids is 1. The smallest absolute Gasteiger partial charge is 0.238 e. The van der Waals surface area contributed by atoms with Crippen LogP contribution in [0.3, 0.4) is 0 Å². The quantitative estimate of drug-likeness (QED) is 0.894. The Kier molecular flexibility index (Phi) is 4.42. The Labute approximate surface area is 112 Å². The lowest BCUT2D eigenvalue weighted by atomic mass is 10.2. The second-order valence-corrected chi connectivity index (χ2v) is 5.67. The molecule has 1 saturated heterocycles. The summed E-state index contributed by atoms with van der Waals surface area (Å²) < 4.78 is 14.2. The van der Waals surface area contributed by atoms with Crippen LogP contribution in [0.5, 0.6) is 0 Å². The van der Waals surface area contributed by atoms with Gasteiger partial charge in [0.1, 0.15) is 5.82 Å². The molecule has 2 rings (SSSR count). The normalized spacial score (nSPS) is 19.3. The Hall–Kier alpha value is -0.590. The van der Waals surface area contributed by atoms with Crippen LogP contribution in [0.25, 0.3) is 0 Å². The van der Waals surface area contributed by atoms with Gasteiger partial charge in [-0.3, -0.25) is 10.1 Å². The molecular formula is C11H12BrFN2OS. The maximum absolute atomic E-state index is 13.4. The van der Waals surface area contributed by atoms with Crippen molar-refractivity contribution >= 4 is 33.6 Å². The fourth-order valence-corrected chi connectivity index (χ4v) is 2.90. The van der Waals surface area contributed by atoms with E-state index in [1.54, 1.807) is 23.9 Å². The first-order valence-electron chi connectivity index (χ1n) is 5.19. The van der Waals surface area contributed by atoms with Crippen LogP contribution in [0, 0.1) is 5.82 Å². The van der Waals surface area contributed by atoms with Crippen molar-refractivity contribution in [1.29, 1.82) is 0 Å². The molecular weight excluding hydrogens is 307 g/mol. The first-order chi connectivity index (χ1) is 8.16. The van der Waals surface area contributed by atoms with Crippen LogP contribution in [0.15, 0.2) is 22.7 Å². The summed E-state index contributed by atoms with van der Waals surface area (Å²) in [4.78, 5) is 11.7. The number of carbonyl (C=O) groups is 1. The number of benzene rings is 1. The molecule has 1 atom stereocenters. The van der Waals surface area contributed by atoms with Gasteiger partial charge in [0.2, 0.25) is 5.91 Å². The zero-order chi connectivity index (χ0) is 12.3. The highest BCUT2D eigenvalue weighted by atomic mass is 79.9. The van der Waals surface area contributed by atoms with Gasteiger partial charge in [0.05, 0.1) is 6.04 Å². The van der Waals surface area contributed by atoms with Crippen LogP contribution < -0.4 is 10.6 Å². The van der Waals surface area contributed by atoms with Crippen molar-refractivity contribution in [1.82, 2.24) is 10.6 Å². The second-order valence-electron chi connectivity index (χ2n) is 3.73. The van der Waals surface area contributed by atoms with Crippen molar-refractivity contribution in [3.63, 3.8) is 0 Å². The number of halogens is 2. The summed E-state index contributed by atoms with van der Waals surface area (Å²) >= 11 is 4.96. The number of hydrogen-bond acceptors (Lipinski definition) is 3. The van der Waals surface area contributed by atoms with Crippen molar-refractivity contribution < 1.29 is 9.18 Å². The zero-order valence-electron chi connectivity index (χ0n) is 9.00. The van der Waals surface area contributed by atoms with Gasteiger partial charge in [-0.25, -0.2) is 4.39 Å². The van der Waals surface area contributed by atoms with Crippen molar-refractivity contribution in [2.45, 2.75) is 12.6 Å². The number of amides is 1. The Morgan fingerprint density at radius 3 is 3.18 bits per heavy atom. The van der Waals surface area contributed by atoms with Crippen LogP contribution in [0.4, 0.5) is 4.39 Å². The molecule has 1 heterocycles. The summed E-state index contributed by atoms with van der Waals surface area (Å²) in [5.74, 6) is 1.19. The van der Waals surface area contributed by atoms with Gasteiger partial charge in [-0.2, -0.15) is 0 Å². The van der Waals surface area contributed by atoms with Gasteiger partial charge in [-0.15, -0.1) is 11.8 Å². The molecule has 0 aromatic heterocycles. The van der Waals surface area contributed by atoms with Gasteiger partial charge in [0, 0.05) is 28.2 Å². The largest absolute Gasteiger partial charge is 0.351 e. The SMILES string of the molecule is O=C(NCc1cc(Br)ccc1F)C1CSCN1. The lowest BCUT2D eigenvalue weighted by Gasteiger charge is -2.11. The molecule has 1 aromatic rings.